The Morgan fingerprint density at radius 2 is 1.23 bits per heavy atom. The van der Waals surface area contributed by atoms with Crippen molar-refractivity contribution in [1.82, 2.24) is 0 Å². The van der Waals surface area contributed by atoms with Crippen LogP contribution in [0.3, 0.4) is 0 Å². The Morgan fingerprint density at radius 1 is 0.846 bits per heavy atom. The molecule has 0 heterocycles. The number of hydrogen-bond donors (Lipinski definition) is 0. The molecule has 1 aliphatic rings. The van der Waals surface area contributed by atoms with E-state index in [0.717, 1.165) is 6.54 Å². The molecule has 0 fully saturated rings. The summed E-state index contributed by atoms with van der Waals surface area (Å²) < 4.78 is 2.26. The Morgan fingerprint density at radius 3 is 1.62 bits per heavy atom. The molecule has 0 saturated heterocycles. The van der Waals surface area contributed by atoms with Gasteiger partial charge in [-0.25, -0.2) is 17.2 Å². The van der Waals surface area contributed by atoms with E-state index in [2.05, 4.69) is 135 Å². The van der Waals surface area contributed by atoms with Crippen LogP contribution in [-0.4, -0.2) is 6.54 Å². The predicted molar refractivity (Wildman–Crippen MR) is 183 cm³/mol. The second-order valence-corrected chi connectivity index (χ2v) is 11.9. The molecule has 2 rings (SSSR count). The Labute approximate surface area is 321 Å². The monoisotopic (exact) mass is 909 g/mol. The molecule has 0 aliphatic heterocycles. The molecule has 6 heteroatoms. The van der Waals surface area contributed by atoms with Gasteiger partial charge in [-0.1, -0.05) is 72.3 Å². The van der Waals surface area contributed by atoms with Crippen molar-refractivity contribution in [3.63, 3.8) is 0 Å². The summed E-state index contributed by atoms with van der Waals surface area (Å²) in [6.07, 6.45) is 3.41. The van der Waals surface area contributed by atoms with E-state index >= 15 is 0 Å². The molecule has 223 valence electrons. The molecule has 1 aromatic rings. The molecule has 39 heavy (non-hydrogen) atoms. The molecule has 4 atom stereocenters. The molecule has 1 aliphatic carbocycles. The van der Waals surface area contributed by atoms with Gasteiger partial charge in [-0.05, 0) is 68.4 Å². The van der Waals surface area contributed by atoms with Gasteiger partial charge in [0, 0.05) is 69.8 Å². The SMILES string of the molecule is CC1=[C-]C(C)=C(C)C(C)C1C.Cc1c(C)c(C)c(C(C)[N-]CC(C)(C)C(C)[CH-]I)c(C)c1C.[CH2-]I.[CH3-].[V].[V].[Y]. The Balaban J connectivity index is -0.000000194. The molecular formula is C33H54I2NV2Y-5. The van der Waals surface area contributed by atoms with E-state index in [-0.39, 0.29) is 88.7 Å². The van der Waals surface area contributed by atoms with Crippen molar-refractivity contribution in [2.75, 3.05) is 6.54 Å². The maximum Gasteiger partial charge on any atom is 0 e. The average Bonchev–Trinajstić information content (AvgIpc) is 2.83. The van der Waals surface area contributed by atoms with Crippen LogP contribution < -0.4 is 0 Å². The van der Waals surface area contributed by atoms with Gasteiger partial charge in [-0.15, -0.1) is 19.5 Å². The number of nitrogens with zero attached hydrogens (tertiary/aromatic N) is 1. The van der Waals surface area contributed by atoms with Gasteiger partial charge in [0.2, 0.25) is 0 Å². The Hall–Kier alpha value is 2.39. The summed E-state index contributed by atoms with van der Waals surface area (Å²) in [5.41, 5.74) is 13.0. The summed E-state index contributed by atoms with van der Waals surface area (Å²) in [7, 11) is 0. The number of benzene rings is 1. The van der Waals surface area contributed by atoms with Crippen molar-refractivity contribution in [3.05, 3.63) is 78.3 Å². The van der Waals surface area contributed by atoms with Crippen molar-refractivity contribution < 1.29 is 69.8 Å². The van der Waals surface area contributed by atoms with Crippen molar-refractivity contribution in [3.8, 4) is 0 Å². The number of halogens is 2. The third-order valence-electron chi connectivity index (χ3n) is 8.76. The largest absolute Gasteiger partial charge is 0.656 e. The number of hydrogen-bond acceptors (Lipinski definition) is 0. The summed E-state index contributed by atoms with van der Waals surface area (Å²) >= 11 is 4.26. The van der Waals surface area contributed by atoms with Gasteiger partial charge in [0.05, 0.1) is 0 Å². The van der Waals surface area contributed by atoms with Crippen LogP contribution in [0.1, 0.15) is 102 Å². The van der Waals surface area contributed by atoms with Crippen LogP contribution in [0.25, 0.3) is 5.32 Å². The van der Waals surface area contributed by atoms with Gasteiger partial charge in [0.1, 0.15) is 0 Å². The topological polar surface area (TPSA) is 14.1 Å². The molecule has 0 bridgehead atoms. The van der Waals surface area contributed by atoms with Gasteiger partial charge in [0.25, 0.3) is 0 Å². The van der Waals surface area contributed by atoms with Crippen molar-refractivity contribution in [2.45, 2.75) is 103 Å². The van der Waals surface area contributed by atoms with Crippen molar-refractivity contribution in [2.24, 2.45) is 23.2 Å². The van der Waals surface area contributed by atoms with Gasteiger partial charge < -0.3 is 57.9 Å². The molecule has 0 aromatic heterocycles. The molecule has 0 spiro atoms. The summed E-state index contributed by atoms with van der Waals surface area (Å²) in [4.78, 5) is 3.22. The molecular weight excluding hydrogens is 855 g/mol. The third-order valence-corrected chi connectivity index (χ3v) is 9.84. The van der Waals surface area contributed by atoms with Crippen LogP contribution in [0.15, 0.2) is 16.7 Å². The second-order valence-electron chi connectivity index (χ2n) is 11.2. The fraction of sp³-hybridized carbons (Fsp3) is 0.606. The van der Waals surface area contributed by atoms with E-state index in [9.17, 15) is 0 Å². The molecule has 3 radical (unpaired) electrons. The van der Waals surface area contributed by atoms with Crippen molar-refractivity contribution >= 4 is 45.2 Å². The summed E-state index contributed by atoms with van der Waals surface area (Å²) in [6, 6.07) is 0.263. The quantitative estimate of drug-likeness (QED) is 0.199. The van der Waals surface area contributed by atoms with E-state index < -0.39 is 0 Å². The van der Waals surface area contributed by atoms with Crippen LogP contribution in [0.5, 0.6) is 0 Å². The first kappa shape index (κ1) is 51.0. The first-order chi connectivity index (χ1) is 16.1. The van der Waals surface area contributed by atoms with E-state index in [0.29, 0.717) is 17.8 Å². The summed E-state index contributed by atoms with van der Waals surface area (Å²) in [5, 5.41) is 5.05. The number of allylic oxidation sites excluding steroid dienone is 4. The predicted octanol–water partition coefficient (Wildman–Crippen LogP) is 11.9. The van der Waals surface area contributed by atoms with Gasteiger partial charge >= 0.3 is 0 Å². The van der Waals surface area contributed by atoms with Crippen molar-refractivity contribution in [1.29, 1.82) is 0 Å². The molecule has 0 amide bonds. The minimum Gasteiger partial charge on any atom is -0.656 e. The van der Waals surface area contributed by atoms with E-state index in [4.69, 9.17) is 5.32 Å². The Kier molecular flexibility index (Phi) is 31.0. The maximum absolute atomic E-state index is 5.05. The standard InChI is InChI=1S/C20H32IN.C11H17.CH2I.CH3.2V.Y/c1-12(10-21)20(8,9)11-22-18(7)19-16(5)14(3)13(2)15(4)17(19)6;1-7-6-8(2)10(4)11(5)9(7)3;1-2;;;;/h10,12,18H,11H2,1-9H3;9,11H,1-5H3;1H2;1H3;;;/q-2;3*-1;;;. The number of rotatable bonds is 6. The van der Waals surface area contributed by atoms with Gasteiger partial charge in [-0.3, -0.25) is 9.36 Å². The fourth-order valence-corrected chi connectivity index (χ4v) is 5.51. The van der Waals surface area contributed by atoms with Gasteiger partial charge in [-0.2, -0.15) is 11.5 Å². The normalized spacial score (nSPS) is 17.7. The summed E-state index contributed by atoms with van der Waals surface area (Å²) in [6.45, 7) is 32.4. The molecule has 0 saturated carbocycles. The average molecular weight is 909 g/mol. The fourth-order valence-electron chi connectivity index (χ4n) is 4.53. The zero-order valence-electron chi connectivity index (χ0n) is 27.5. The Bertz CT molecular complexity index is 880. The van der Waals surface area contributed by atoms with E-state index in [1.807, 2.05) is 22.6 Å². The minimum absolute atomic E-state index is 0. The molecule has 1 aromatic carbocycles. The first-order valence-electron chi connectivity index (χ1n) is 12.8. The van der Waals surface area contributed by atoms with E-state index in [1.54, 1.807) is 0 Å². The zero-order chi connectivity index (χ0) is 27.8. The van der Waals surface area contributed by atoms with Crippen LogP contribution >= 0.6 is 45.2 Å². The van der Waals surface area contributed by atoms with Crippen LogP contribution in [0.2, 0.25) is 0 Å². The first-order valence-corrected chi connectivity index (χ1v) is 15.6. The zero-order valence-corrected chi connectivity index (χ0v) is 37.4. The van der Waals surface area contributed by atoms with Crippen LogP contribution in [-0.2, 0) is 69.8 Å². The van der Waals surface area contributed by atoms with E-state index in [1.165, 1.54) is 50.1 Å². The van der Waals surface area contributed by atoms with Crippen LogP contribution in [0, 0.1) is 80.6 Å². The molecule has 4 unspecified atom stereocenters. The smallest absolute Gasteiger partial charge is 0 e. The van der Waals surface area contributed by atoms with Gasteiger partial charge in [0.15, 0.2) is 0 Å². The molecule has 1 nitrogen and oxygen atoms in total. The molecule has 0 N–H and O–H groups in total. The minimum atomic E-state index is 0. The maximum atomic E-state index is 5.05. The van der Waals surface area contributed by atoms with Crippen LogP contribution in [0.4, 0.5) is 0 Å². The second kappa shape index (κ2) is 23.7. The summed E-state index contributed by atoms with van der Waals surface area (Å²) in [5.74, 6) is 1.95. The third kappa shape index (κ3) is 14.4.